The zero-order valence-corrected chi connectivity index (χ0v) is 26.7. The van der Waals surface area contributed by atoms with E-state index in [9.17, 15) is 9.90 Å². The lowest BCUT2D eigenvalue weighted by atomic mass is 9.51. The number of aliphatic hydroxyl groups excluding tert-OH is 1. The number of aliphatic hydroxyl groups is 1. The van der Waals surface area contributed by atoms with E-state index < -0.39 is 0 Å². The summed E-state index contributed by atoms with van der Waals surface area (Å²) in [7, 11) is 1.74. The highest BCUT2D eigenvalue weighted by Gasteiger charge is 2.50. The van der Waals surface area contributed by atoms with Crippen molar-refractivity contribution in [2.45, 2.75) is 114 Å². The molecule has 0 atom stereocenters. The van der Waals surface area contributed by atoms with E-state index in [4.69, 9.17) is 9.84 Å². The van der Waals surface area contributed by atoms with Gasteiger partial charge in [0.1, 0.15) is 5.75 Å². The molecule has 8 rings (SSSR count). The van der Waals surface area contributed by atoms with Gasteiger partial charge >= 0.3 is 0 Å². The summed E-state index contributed by atoms with van der Waals surface area (Å²) < 4.78 is 7.66. The summed E-state index contributed by atoms with van der Waals surface area (Å²) in [6.07, 6.45) is 20.9. The Kier molecular flexibility index (Phi) is 7.59. The lowest BCUT2D eigenvalue weighted by Crippen LogP contribution is -2.51. The molecule has 1 N–H and O–H groups in total. The highest BCUT2D eigenvalue weighted by Crippen LogP contribution is 2.58. The largest absolute Gasteiger partial charge is 0.496 e. The maximum atomic E-state index is 14.4. The van der Waals surface area contributed by atoms with Gasteiger partial charge in [-0.3, -0.25) is 14.5 Å². The molecule has 0 radical (unpaired) electrons. The Morgan fingerprint density at radius 3 is 2.34 bits per heavy atom. The van der Waals surface area contributed by atoms with Crippen LogP contribution in [0.25, 0.3) is 11.1 Å². The molecule has 0 spiro atoms. The molecule has 2 heterocycles. The molecule has 1 amide bonds. The molecule has 5 saturated carbocycles. The predicted octanol–water partition coefficient (Wildman–Crippen LogP) is 7.34. The molecule has 5 fully saturated rings. The van der Waals surface area contributed by atoms with Gasteiger partial charge in [-0.05, 0) is 131 Å². The first kappa shape index (κ1) is 29.5. The summed E-state index contributed by atoms with van der Waals surface area (Å²) in [5.74, 6) is 1.11. The fourth-order valence-corrected chi connectivity index (χ4v) is 8.73. The molecule has 234 valence electrons. The summed E-state index contributed by atoms with van der Waals surface area (Å²) in [5, 5.41) is 14.9. The van der Waals surface area contributed by atoms with E-state index in [1.54, 1.807) is 7.11 Å². The molecule has 5 aliphatic carbocycles. The maximum Gasteiger partial charge on any atom is 0.230 e. The van der Waals surface area contributed by atoms with Crippen LogP contribution in [0.15, 0.2) is 49.1 Å². The van der Waals surface area contributed by atoms with E-state index in [-0.39, 0.29) is 34.3 Å². The zero-order chi connectivity index (χ0) is 30.5. The van der Waals surface area contributed by atoms with Crippen molar-refractivity contribution in [3.05, 3.63) is 60.2 Å². The number of anilines is 1. The highest BCUT2D eigenvalue weighted by molar-refractivity contribution is 5.95. The second kappa shape index (κ2) is 11.3. The Labute approximate surface area is 262 Å². The van der Waals surface area contributed by atoms with E-state index in [0.717, 1.165) is 93.3 Å². The lowest BCUT2D eigenvalue weighted by Gasteiger charge is -2.55. The Hall–Kier alpha value is -3.19. The number of aryl methyl sites for hydroxylation is 1. The van der Waals surface area contributed by atoms with E-state index in [2.05, 4.69) is 58.9 Å². The number of fused-ring (bicyclic) bond motifs is 3. The number of nitrogens with zero attached hydrogens (tertiary/aromatic N) is 4. The minimum absolute atomic E-state index is 0.0479. The fraction of sp³-hybridized carbons (Fsp3) is 0.595. The van der Waals surface area contributed by atoms with Gasteiger partial charge in [0.2, 0.25) is 5.91 Å². The van der Waals surface area contributed by atoms with Crippen LogP contribution in [0, 0.1) is 18.3 Å². The second-order valence-electron chi connectivity index (χ2n) is 14.9. The van der Waals surface area contributed by atoms with Crippen molar-refractivity contribution in [2.75, 3.05) is 18.6 Å². The van der Waals surface area contributed by atoms with Crippen LogP contribution in [0.1, 0.15) is 102 Å². The quantitative estimate of drug-likeness (QED) is 0.294. The molecule has 44 heavy (non-hydrogen) atoms. The SMILES string of the molecule is COc1ccc(C23CCC(CN(C(=O)C4CCC(O)CC4)c4cncc(-c5cnn(C6(C)CCC6)c5)c4)(CC2)CC3)cc1C. The molecule has 0 saturated heterocycles. The summed E-state index contributed by atoms with van der Waals surface area (Å²) in [6.45, 7) is 5.16. The van der Waals surface area contributed by atoms with Crippen LogP contribution in [0.3, 0.4) is 0 Å². The normalized spacial score (nSPS) is 29.2. The number of methoxy groups -OCH3 is 1. The van der Waals surface area contributed by atoms with Gasteiger partial charge in [-0.25, -0.2) is 0 Å². The molecule has 5 aliphatic rings. The van der Waals surface area contributed by atoms with Crippen LogP contribution < -0.4 is 9.64 Å². The van der Waals surface area contributed by atoms with Crippen LogP contribution in [0.2, 0.25) is 0 Å². The van der Waals surface area contributed by atoms with E-state index >= 15 is 0 Å². The molecular formula is C37H48N4O3. The molecule has 7 heteroatoms. The summed E-state index contributed by atoms with van der Waals surface area (Å²) in [5.41, 5.74) is 6.06. The number of rotatable bonds is 8. The maximum absolute atomic E-state index is 14.4. The van der Waals surface area contributed by atoms with Crippen molar-refractivity contribution < 1.29 is 14.6 Å². The summed E-state index contributed by atoms with van der Waals surface area (Å²) in [6, 6.07) is 8.91. The Morgan fingerprint density at radius 2 is 1.70 bits per heavy atom. The highest BCUT2D eigenvalue weighted by atomic mass is 16.5. The predicted molar refractivity (Wildman–Crippen MR) is 173 cm³/mol. The number of pyridine rings is 1. The van der Waals surface area contributed by atoms with Crippen molar-refractivity contribution in [2.24, 2.45) is 11.3 Å². The number of ether oxygens (including phenoxy) is 1. The fourth-order valence-electron chi connectivity index (χ4n) is 8.73. The minimum atomic E-state index is -0.281. The molecule has 2 bridgehead atoms. The number of amides is 1. The van der Waals surface area contributed by atoms with Gasteiger partial charge in [0.25, 0.3) is 0 Å². The number of hydrogen-bond donors (Lipinski definition) is 1. The molecule has 3 aromatic rings. The molecule has 7 nitrogen and oxygen atoms in total. The van der Waals surface area contributed by atoms with Crippen molar-refractivity contribution in [1.82, 2.24) is 14.8 Å². The molecule has 0 aliphatic heterocycles. The van der Waals surface area contributed by atoms with Crippen LogP contribution in [-0.2, 0) is 15.7 Å². The Bertz CT molecular complexity index is 1490. The van der Waals surface area contributed by atoms with Crippen molar-refractivity contribution in [3.63, 3.8) is 0 Å². The first-order chi connectivity index (χ1) is 21.2. The van der Waals surface area contributed by atoms with Crippen LogP contribution in [0.4, 0.5) is 5.69 Å². The first-order valence-corrected chi connectivity index (χ1v) is 16.9. The second-order valence-corrected chi connectivity index (χ2v) is 14.9. The third-order valence-electron chi connectivity index (χ3n) is 12.1. The zero-order valence-electron chi connectivity index (χ0n) is 26.7. The Morgan fingerprint density at radius 1 is 0.977 bits per heavy atom. The number of carbonyl (C=O) groups is 1. The van der Waals surface area contributed by atoms with Crippen molar-refractivity contribution in [3.8, 4) is 16.9 Å². The number of carbonyl (C=O) groups excluding carboxylic acids is 1. The van der Waals surface area contributed by atoms with Gasteiger partial charge in [0.05, 0.1) is 36.8 Å². The van der Waals surface area contributed by atoms with Gasteiger partial charge in [-0.2, -0.15) is 5.10 Å². The third-order valence-corrected chi connectivity index (χ3v) is 12.1. The topological polar surface area (TPSA) is 80.5 Å². The van der Waals surface area contributed by atoms with Gasteiger partial charge in [-0.1, -0.05) is 12.1 Å². The van der Waals surface area contributed by atoms with Crippen LogP contribution in [0.5, 0.6) is 5.75 Å². The monoisotopic (exact) mass is 596 g/mol. The lowest BCUT2D eigenvalue weighted by molar-refractivity contribution is -0.124. The van der Waals surface area contributed by atoms with Crippen molar-refractivity contribution >= 4 is 11.6 Å². The van der Waals surface area contributed by atoms with Crippen molar-refractivity contribution in [1.29, 1.82) is 0 Å². The van der Waals surface area contributed by atoms with Crippen LogP contribution in [-0.4, -0.2) is 45.5 Å². The summed E-state index contributed by atoms with van der Waals surface area (Å²) in [4.78, 5) is 21.1. The molecule has 1 aromatic carbocycles. The summed E-state index contributed by atoms with van der Waals surface area (Å²) >= 11 is 0. The van der Waals surface area contributed by atoms with E-state index in [0.29, 0.717) is 12.8 Å². The van der Waals surface area contributed by atoms with Crippen LogP contribution >= 0.6 is 0 Å². The Balaban J connectivity index is 1.15. The standard InChI is InChI=1S/C37H48N4O3/c1-26-19-30(7-10-33(26)44-3)37-16-13-36(14-17-37,15-18-37)25-40(34(43)27-5-8-32(42)9-6-27)31-20-28(21-38-23-31)29-22-39-41(24-29)35(2)11-4-12-35/h7,10,19-24,27,32,42H,4-6,8-9,11-18,25H2,1-3H3. The molecular weight excluding hydrogens is 548 g/mol. The molecule has 2 aromatic heterocycles. The van der Waals surface area contributed by atoms with E-state index in [1.807, 2.05) is 18.6 Å². The average Bonchev–Trinajstić information content (AvgIpc) is 3.54. The minimum Gasteiger partial charge on any atom is -0.496 e. The van der Waals surface area contributed by atoms with Gasteiger partial charge in [0, 0.05) is 36.0 Å². The number of benzene rings is 1. The number of hydrogen-bond acceptors (Lipinski definition) is 5. The molecule has 0 unspecified atom stereocenters. The van der Waals surface area contributed by atoms with Gasteiger partial charge < -0.3 is 14.7 Å². The third kappa shape index (κ3) is 5.25. The average molecular weight is 597 g/mol. The van der Waals surface area contributed by atoms with Gasteiger partial charge in [-0.15, -0.1) is 0 Å². The first-order valence-electron chi connectivity index (χ1n) is 16.9. The number of aromatic nitrogens is 3. The van der Waals surface area contributed by atoms with E-state index in [1.165, 1.54) is 17.5 Å². The smallest absolute Gasteiger partial charge is 0.230 e. The van der Waals surface area contributed by atoms with Gasteiger partial charge in [0.15, 0.2) is 0 Å².